The lowest BCUT2D eigenvalue weighted by Crippen LogP contribution is -2.33. The van der Waals surface area contributed by atoms with E-state index in [0.717, 1.165) is 18.2 Å². The zero-order valence-electron chi connectivity index (χ0n) is 13.6. The van der Waals surface area contributed by atoms with Crippen molar-refractivity contribution in [3.05, 3.63) is 0 Å². The third-order valence-corrected chi connectivity index (χ3v) is 5.61. The number of hydrogen-bond acceptors (Lipinski definition) is 1. The van der Waals surface area contributed by atoms with Crippen molar-refractivity contribution in [2.75, 3.05) is 5.33 Å². The second kappa shape index (κ2) is 7.10. The van der Waals surface area contributed by atoms with E-state index in [1.54, 1.807) is 0 Å². The Morgan fingerprint density at radius 2 is 1.58 bits per heavy atom. The van der Waals surface area contributed by atoms with E-state index in [0.29, 0.717) is 5.92 Å². The van der Waals surface area contributed by atoms with Crippen molar-refractivity contribution in [3.63, 3.8) is 0 Å². The van der Waals surface area contributed by atoms with Gasteiger partial charge in [0, 0.05) is 5.33 Å². The second-order valence-electron chi connectivity index (χ2n) is 7.89. The van der Waals surface area contributed by atoms with Crippen LogP contribution in [0.1, 0.15) is 61.3 Å². The largest absolute Gasteiger partial charge is 0.481 e. The molecule has 0 radical (unpaired) electrons. The van der Waals surface area contributed by atoms with Crippen LogP contribution >= 0.6 is 15.9 Å². The lowest BCUT2D eigenvalue weighted by Gasteiger charge is -2.37. The quantitative estimate of drug-likeness (QED) is 0.619. The van der Waals surface area contributed by atoms with E-state index in [2.05, 4.69) is 64.4 Å². The summed E-state index contributed by atoms with van der Waals surface area (Å²) in [7, 11) is 0. The average molecular weight is 335 g/mol. The molecule has 0 saturated heterocycles. The lowest BCUT2D eigenvalue weighted by atomic mass is 9.68. The van der Waals surface area contributed by atoms with Gasteiger partial charge in [0.25, 0.3) is 0 Å². The van der Waals surface area contributed by atoms with Gasteiger partial charge in [-0.1, -0.05) is 64.4 Å². The van der Waals surface area contributed by atoms with E-state index in [9.17, 15) is 9.90 Å². The van der Waals surface area contributed by atoms with Crippen molar-refractivity contribution in [1.29, 1.82) is 0 Å². The van der Waals surface area contributed by atoms with E-state index in [4.69, 9.17) is 0 Å². The first-order valence-corrected chi connectivity index (χ1v) is 8.33. The number of carboxylic acid groups (broad SMARTS) is 1. The van der Waals surface area contributed by atoms with Crippen LogP contribution in [0.15, 0.2) is 0 Å². The van der Waals surface area contributed by atoms with Gasteiger partial charge in [-0.05, 0) is 35.5 Å². The van der Waals surface area contributed by atoms with Crippen LogP contribution in [0, 0.1) is 28.6 Å². The molecule has 0 aromatic rings. The Labute approximate surface area is 127 Å². The summed E-state index contributed by atoms with van der Waals surface area (Å²) in [5.41, 5.74) is 0.247. The van der Waals surface area contributed by atoms with Gasteiger partial charge in [-0.3, -0.25) is 4.79 Å². The standard InChI is InChI=1S/C16H31BrO2/c1-11(2)12(3)13(14(18)19)8-15(4,5)9-16(6,7)10-17/h11-13H,8-10H2,1-7H3,(H,18,19). The molecule has 0 aromatic heterocycles. The van der Waals surface area contributed by atoms with Gasteiger partial charge < -0.3 is 5.11 Å². The van der Waals surface area contributed by atoms with Crippen LogP contribution < -0.4 is 0 Å². The molecule has 0 spiro atoms. The van der Waals surface area contributed by atoms with Gasteiger partial charge in [-0.25, -0.2) is 0 Å². The van der Waals surface area contributed by atoms with Gasteiger partial charge >= 0.3 is 5.97 Å². The predicted octanol–water partition coefficient (Wildman–Crippen LogP) is 5.21. The summed E-state index contributed by atoms with van der Waals surface area (Å²) in [6, 6.07) is 0. The summed E-state index contributed by atoms with van der Waals surface area (Å²) >= 11 is 3.55. The molecule has 0 fully saturated rings. The molecule has 0 aliphatic rings. The van der Waals surface area contributed by atoms with Crippen LogP contribution in [0.2, 0.25) is 0 Å². The summed E-state index contributed by atoms with van der Waals surface area (Å²) in [4.78, 5) is 11.5. The zero-order chi connectivity index (χ0) is 15.4. The Bertz CT molecular complexity index is 295. The van der Waals surface area contributed by atoms with Crippen molar-refractivity contribution in [1.82, 2.24) is 0 Å². The van der Waals surface area contributed by atoms with Gasteiger partial charge in [0.15, 0.2) is 0 Å². The highest BCUT2D eigenvalue weighted by Crippen LogP contribution is 2.41. The molecule has 0 saturated carbocycles. The molecule has 3 heteroatoms. The van der Waals surface area contributed by atoms with Crippen LogP contribution in [0.5, 0.6) is 0 Å². The predicted molar refractivity (Wildman–Crippen MR) is 85.7 cm³/mol. The van der Waals surface area contributed by atoms with Gasteiger partial charge in [0.05, 0.1) is 5.92 Å². The number of alkyl halides is 1. The van der Waals surface area contributed by atoms with E-state index in [-0.39, 0.29) is 22.7 Å². The molecule has 2 nitrogen and oxygen atoms in total. The lowest BCUT2D eigenvalue weighted by molar-refractivity contribution is -0.145. The normalized spacial score (nSPS) is 16.5. The van der Waals surface area contributed by atoms with Crippen LogP contribution in [-0.2, 0) is 4.79 Å². The molecule has 0 rings (SSSR count). The van der Waals surface area contributed by atoms with Crippen LogP contribution in [0.4, 0.5) is 0 Å². The van der Waals surface area contributed by atoms with Crippen molar-refractivity contribution in [2.24, 2.45) is 28.6 Å². The van der Waals surface area contributed by atoms with E-state index >= 15 is 0 Å². The molecular weight excluding hydrogens is 304 g/mol. The monoisotopic (exact) mass is 334 g/mol. The molecule has 0 bridgehead atoms. The summed E-state index contributed by atoms with van der Waals surface area (Å²) in [6.45, 7) is 15.1. The summed E-state index contributed by atoms with van der Waals surface area (Å²) in [5, 5.41) is 10.4. The smallest absolute Gasteiger partial charge is 0.306 e. The van der Waals surface area contributed by atoms with Gasteiger partial charge in [-0.15, -0.1) is 0 Å². The van der Waals surface area contributed by atoms with Crippen molar-refractivity contribution in [3.8, 4) is 0 Å². The maximum atomic E-state index is 11.5. The summed E-state index contributed by atoms with van der Waals surface area (Å²) < 4.78 is 0. The number of carbonyl (C=O) groups is 1. The zero-order valence-corrected chi connectivity index (χ0v) is 15.2. The number of halogens is 1. The topological polar surface area (TPSA) is 37.3 Å². The van der Waals surface area contributed by atoms with Gasteiger partial charge in [0.1, 0.15) is 0 Å². The van der Waals surface area contributed by atoms with Crippen molar-refractivity contribution in [2.45, 2.75) is 61.3 Å². The number of carboxylic acids is 1. The first-order chi connectivity index (χ1) is 8.42. The fourth-order valence-corrected chi connectivity index (χ4v) is 3.17. The molecule has 2 unspecified atom stereocenters. The minimum absolute atomic E-state index is 0.0451. The van der Waals surface area contributed by atoms with Gasteiger partial charge in [0.2, 0.25) is 0 Å². The Kier molecular flexibility index (Phi) is 7.08. The molecule has 0 amide bonds. The van der Waals surface area contributed by atoms with Gasteiger partial charge in [-0.2, -0.15) is 0 Å². The molecule has 0 aliphatic heterocycles. The average Bonchev–Trinajstić information content (AvgIpc) is 2.23. The molecular formula is C16H31BrO2. The highest BCUT2D eigenvalue weighted by molar-refractivity contribution is 9.09. The minimum atomic E-state index is -0.647. The van der Waals surface area contributed by atoms with Crippen LogP contribution in [0.3, 0.4) is 0 Å². The van der Waals surface area contributed by atoms with E-state index < -0.39 is 5.97 Å². The maximum absolute atomic E-state index is 11.5. The Morgan fingerprint density at radius 3 is 1.89 bits per heavy atom. The van der Waals surface area contributed by atoms with Crippen LogP contribution in [0.25, 0.3) is 0 Å². The fraction of sp³-hybridized carbons (Fsp3) is 0.938. The SMILES string of the molecule is CC(C)C(C)C(CC(C)(C)CC(C)(C)CBr)C(=O)O. The second-order valence-corrected chi connectivity index (χ2v) is 8.45. The van der Waals surface area contributed by atoms with Crippen molar-refractivity contribution >= 4 is 21.9 Å². The first-order valence-electron chi connectivity index (χ1n) is 7.20. The maximum Gasteiger partial charge on any atom is 0.306 e. The molecule has 2 atom stereocenters. The van der Waals surface area contributed by atoms with E-state index in [1.807, 2.05) is 0 Å². The van der Waals surface area contributed by atoms with Crippen molar-refractivity contribution < 1.29 is 9.90 Å². The molecule has 0 aliphatic carbocycles. The van der Waals surface area contributed by atoms with Crippen LogP contribution in [-0.4, -0.2) is 16.4 Å². The Hall–Kier alpha value is -0.0500. The minimum Gasteiger partial charge on any atom is -0.481 e. The summed E-state index contributed by atoms with van der Waals surface area (Å²) in [5.74, 6) is -0.281. The number of hydrogen-bond donors (Lipinski definition) is 1. The first kappa shape index (κ1) is 18.9. The van der Waals surface area contributed by atoms with E-state index in [1.165, 1.54) is 0 Å². The third-order valence-electron chi connectivity index (χ3n) is 4.09. The summed E-state index contributed by atoms with van der Waals surface area (Å²) in [6.07, 6.45) is 1.78. The number of rotatable bonds is 8. The molecule has 19 heavy (non-hydrogen) atoms. The Balaban J connectivity index is 4.89. The molecule has 0 aromatic carbocycles. The molecule has 0 heterocycles. The number of aliphatic carboxylic acids is 1. The third kappa shape index (κ3) is 6.78. The highest BCUT2D eigenvalue weighted by atomic mass is 79.9. The fourth-order valence-electron chi connectivity index (χ4n) is 2.97. The molecule has 114 valence electrons. The highest BCUT2D eigenvalue weighted by Gasteiger charge is 2.35. The molecule has 1 N–H and O–H groups in total. The Morgan fingerprint density at radius 1 is 1.11 bits per heavy atom.